The Balaban J connectivity index is 2.14. The van der Waals surface area contributed by atoms with Crippen molar-refractivity contribution in [3.63, 3.8) is 0 Å². The Hall–Kier alpha value is -0.660. The topological polar surface area (TPSA) is 55.1 Å². The molecule has 0 fully saturated rings. The average Bonchev–Trinajstić information content (AvgIpc) is 2.75. The fraction of sp³-hybridized carbons (Fsp3) is 0.111. The number of hydrogen-bond acceptors (Lipinski definition) is 4. The highest BCUT2D eigenvalue weighted by atomic mass is 79.9. The van der Waals surface area contributed by atoms with Crippen LogP contribution in [0.4, 0.5) is 6.01 Å². The van der Waals surface area contributed by atoms with Crippen molar-refractivity contribution in [1.29, 1.82) is 0 Å². The van der Waals surface area contributed by atoms with Crippen LogP contribution in [-0.4, -0.2) is 10.9 Å². The molecule has 0 atom stereocenters. The molecule has 0 aliphatic rings. The van der Waals surface area contributed by atoms with Crippen molar-refractivity contribution >= 4 is 55.1 Å². The second-order valence-electron chi connectivity index (χ2n) is 2.98. The Labute approximate surface area is 112 Å². The van der Waals surface area contributed by atoms with Crippen LogP contribution in [0.3, 0.4) is 0 Å². The number of thiophene rings is 1. The minimum Gasteiger partial charge on any atom is -0.432 e. The molecule has 2 rings (SSSR count). The molecule has 2 aromatic heterocycles. The lowest BCUT2D eigenvalue weighted by molar-refractivity contribution is 0.102. The molecule has 2 aromatic rings. The fourth-order valence-electron chi connectivity index (χ4n) is 1.03. The van der Waals surface area contributed by atoms with Gasteiger partial charge in [-0.25, -0.2) is 0 Å². The molecule has 0 bridgehead atoms. The van der Waals surface area contributed by atoms with Crippen LogP contribution in [0.15, 0.2) is 25.0 Å². The Morgan fingerprint density at radius 1 is 1.56 bits per heavy atom. The number of nitrogens with zero attached hydrogens (tertiary/aromatic N) is 1. The first kappa shape index (κ1) is 11.8. The van der Waals surface area contributed by atoms with E-state index in [0.717, 1.165) is 14.0 Å². The molecule has 2 heterocycles. The zero-order valence-corrected chi connectivity index (χ0v) is 12.1. The van der Waals surface area contributed by atoms with Gasteiger partial charge in [0.25, 0.3) is 5.91 Å². The van der Waals surface area contributed by atoms with E-state index in [1.54, 1.807) is 13.0 Å². The lowest BCUT2D eigenvalue weighted by Crippen LogP contribution is -2.10. The van der Waals surface area contributed by atoms with E-state index >= 15 is 0 Å². The number of nitrogens with one attached hydrogen (secondary N) is 1. The Morgan fingerprint density at radius 3 is 2.81 bits per heavy atom. The molecule has 0 aliphatic carbocycles. The summed E-state index contributed by atoms with van der Waals surface area (Å²) in [6.07, 6.45) is 1.48. The summed E-state index contributed by atoms with van der Waals surface area (Å²) in [6, 6.07) is 1.95. The van der Waals surface area contributed by atoms with E-state index in [1.165, 1.54) is 17.6 Å². The van der Waals surface area contributed by atoms with Gasteiger partial charge in [-0.3, -0.25) is 10.1 Å². The van der Waals surface area contributed by atoms with Crippen LogP contribution in [0, 0.1) is 6.92 Å². The van der Waals surface area contributed by atoms with Crippen LogP contribution in [0.1, 0.15) is 15.4 Å². The normalized spacial score (nSPS) is 10.4. The van der Waals surface area contributed by atoms with E-state index in [9.17, 15) is 4.79 Å². The second-order valence-corrected chi connectivity index (χ2v) is 6.20. The van der Waals surface area contributed by atoms with E-state index in [0.29, 0.717) is 4.88 Å². The quantitative estimate of drug-likeness (QED) is 0.879. The molecular weight excluding hydrogens is 360 g/mol. The summed E-state index contributed by atoms with van der Waals surface area (Å²) in [5.74, 6) is -0.238. The molecule has 0 unspecified atom stereocenters. The number of aromatic nitrogens is 1. The van der Waals surface area contributed by atoms with Crippen LogP contribution in [0.2, 0.25) is 0 Å². The molecule has 0 aliphatic heterocycles. The summed E-state index contributed by atoms with van der Waals surface area (Å²) >= 11 is 7.98. The highest BCUT2D eigenvalue weighted by molar-refractivity contribution is 9.13. The van der Waals surface area contributed by atoms with Crippen LogP contribution in [0.5, 0.6) is 0 Å². The second kappa shape index (κ2) is 4.68. The van der Waals surface area contributed by atoms with Gasteiger partial charge in [0, 0.05) is 4.47 Å². The van der Waals surface area contributed by atoms with Crippen LogP contribution < -0.4 is 5.32 Å². The molecule has 1 amide bonds. The molecule has 0 saturated heterocycles. The predicted octanol–water partition coefficient (Wildman–Crippen LogP) is 3.82. The largest absolute Gasteiger partial charge is 0.432 e. The first-order chi connectivity index (χ1) is 7.56. The van der Waals surface area contributed by atoms with Gasteiger partial charge in [0.05, 0.1) is 14.4 Å². The first-order valence-corrected chi connectivity index (χ1v) is 6.65. The number of carbonyl (C=O) groups is 1. The number of amides is 1. The summed E-state index contributed by atoms with van der Waals surface area (Å²) in [4.78, 5) is 16.3. The number of halogens is 2. The summed E-state index contributed by atoms with van der Waals surface area (Å²) in [7, 11) is 0. The summed E-state index contributed by atoms with van der Waals surface area (Å²) < 4.78 is 6.76. The maximum absolute atomic E-state index is 11.7. The van der Waals surface area contributed by atoms with Gasteiger partial charge in [-0.05, 0) is 44.8 Å². The van der Waals surface area contributed by atoms with Gasteiger partial charge in [-0.2, -0.15) is 4.98 Å². The summed E-state index contributed by atoms with van der Waals surface area (Å²) in [5, 5.41) is 2.57. The summed E-state index contributed by atoms with van der Waals surface area (Å²) in [5.41, 5.74) is 0.726. The molecule has 7 heteroatoms. The van der Waals surface area contributed by atoms with Gasteiger partial charge in [-0.15, -0.1) is 11.3 Å². The number of hydrogen-bond donors (Lipinski definition) is 1. The van der Waals surface area contributed by atoms with Gasteiger partial charge in [0.1, 0.15) is 6.26 Å². The average molecular weight is 366 g/mol. The maximum atomic E-state index is 11.7. The third-order valence-corrected chi connectivity index (χ3v) is 4.96. The maximum Gasteiger partial charge on any atom is 0.301 e. The van der Waals surface area contributed by atoms with Gasteiger partial charge in [0.15, 0.2) is 0 Å². The van der Waals surface area contributed by atoms with E-state index in [1.807, 2.05) is 0 Å². The van der Waals surface area contributed by atoms with Crippen molar-refractivity contribution in [2.75, 3.05) is 5.32 Å². The van der Waals surface area contributed by atoms with Crippen molar-refractivity contribution in [2.24, 2.45) is 0 Å². The van der Waals surface area contributed by atoms with E-state index in [4.69, 9.17) is 4.42 Å². The molecule has 0 aromatic carbocycles. The molecule has 0 saturated carbocycles. The van der Waals surface area contributed by atoms with Crippen molar-refractivity contribution in [3.05, 3.63) is 31.2 Å². The van der Waals surface area contributed by atoms with Crippen molar-refractivity contribution < 1.29 is 9.21 Å². The van der Waals surface area contributed by atoms with E-state index in [2.05, 4.69) is 42.2 Å². The SMILES string of the molecule is Cc1coc(NC(=O)c2cc(Br)c(Br)s2)n1. The van der Waals surface area contributed by atoms with Crippen molar-refractivity contribution in [3.8, 4) is 0 Å². The van der Waals surface area contributed by atoms with Gasteiger partial charge in [0.2, 0.25) is 0 Å². The third kappa shape index (κ3) is 2.53. The molecule has 0 radical (unpaired) electrons. The monoisotopic (exact) mass is 364 g/mol. The minimum atomic E-state index is -0.238. The zero-order chi connectivity index (χ0) is 11.7. The van der Waals surface area contributed by atoms with Crippen LogP contribution in [0.25, 0.3) is 0 Å². The van der Waals surface area contributed by atoms with Crippen LogP contribution >= 0.6 is 43.2 Å². The fourth-order valence-corrected chi connectivity index (χ4v) is 2.96. The molecule has 16 heavy (non-hydrogen) atoms. The zero-order valence-electron chi connectivity index (χ0n) is 8.08. The van der Waals surface area contributed by atoms with Crippen molar-refractivity contribution in [2.45, 2.75) is 6.92 Å². The Morgan fingerprint density at radius 2 is 2.31 bits per heavy atom. The molecule has 84 valence electrons. The number of carbonyl (C=O) groups excluding carboxylic acids is 1. The molecular formula is C9H6Br2N2O2S. The Kier molecular flexibility index (Phi) is 3.46. The molecule has 1 N–H and O–H groups in total. The van der Waals surface area contributed by atoms with Crippen LogP contribution in [-0.2, 0) is 0 Å². The van der Waals surface area contributed by atoms with Crippen molar-refractivity contribution in [1.82, 2.24) is 4.98 Å². The highest BCUT2D eigenvalue weighted by Gasteiger charge is 2.14. The number of aryl methyl sites for hydroxylation is 1. The van der Waals surface area contributed by atoms with E-state index in [-0.39, 0.29) is 11.9 Å². The van der Waals surface area contributed by atoms with E-state index < -0.39 is 0 Å². The van der Waals surface area contributed by atoms with Gasteiger partial charge in [-0.1, -0.05) is 0 Å². The van der Waals surface area contributed by atoms with Gasteiger partial charge >= 0.3 is 6.01 Å². The number of oxazole rings is 1. The van der Waals surface area contributed by atoms with Gasteiger partial charge < -0.3 is 4.42 Å². The number of anilines is 1. The molecule has 4 nitrogen and oxygen atoms in total. The lowest BCUT2D eigenvalue weighted by atomic mass is 10.4. The smallest absolute Gasteiger partial charge is 0.301 e. The number of rotatable bonds is 2. The predicted molar refractivity (Wildman–Crippen MR) is 68.9 cm³/mol. The molecule has 0 spiro atoms. The lowest BCUT2D eigenvalue weighted by Gasteiger charge is -1.95. The first-order valence-electron chi connectivity index (χ1n) is 4.24. The third-order valence-electron chi connectivity index (χ3n) is 1.71. The standard InChI is InChI=1S/C9H6Br2N2O2S/c1-4-3-15-9(12-4)13-8(14)6-2-5(10)7(11)16-6/h2-3H,1H3,(H,12,13,14). The Bertz CT molecular complexity index is 516. The minimum absolute atomic E-state index is 0.211. The summed E-state index contributed by atoms with van der Waals surface area (Å²) in [6.45, 7) is 1.79. The highest BCUT2D eigenvalue weighted by Crippen LogP contribution is 2.32.